The van der Waals surface area contributed by atoms with Gasteiger partial charge in [0, 0.05) is 17.4 Å². The van der Waals surface area contributed by atoms with E-state index in [4.69, 9.17) is 4.74 Å². The van der Waals surface area contributed by atoms with Gasteiger partial charge in [0.1, 0.15) is 11.6 Å². The van der Waals surface area contributed by atoms with E-state index in [-0.39, 0.29) is 12.5 Å². The Morgan fingerprint density at radius 2 is 1.88 bits per heavy atom. The molecular weight excluding hydrogens is 326 g/mol. The Bertz CT molecular complexity index is 938. The van der Waals surface area contributed by atoms with Crippen LogP contribution in [-0.2, 0) is 4.79 Å². The molecule has 2 aromatic carbocycles. The van der Waals surface area contributed by atoms with Crippen LogP contribution >= 0.6 is 0 Å². The molecule has 0 saturated heterocycles. The van der Waals surface area contributed by atoms with E-state index in [9.17, 15) is 4.79 Å². The smallest absolute Gasteiger partial charge is 0.262 e. The van der Waals surface area contributed by atoms with E-state index in [1.807, 2.05) is 69.3 Å². The first-order valence-electron chi connectivity index (χ1n) is 8.42. The number of ether oxygens (including phenoxy) is 1. The lowest BCUT2D eigenvalue weighted by Gasteiger charge is -2.11. The highest BCUT2D eigenvalue weighted by molar-refractivity contribution is 5.92. The predicted molar refractivity (Wildman–Crippen MR) is 102 cm³/mol. The molecule has 5 nitrogen and oxygen atoms in total. The van der Waals surface area contributed by atoms with Crippen molar-refractivity contribution < 1.29 is 9.53 Å². The Balaban J connectivity index is 1.66. The standard InChI is InChI=1S/C21H21N3O2/c1-14-6-4-9-20(15(14)2)26-13-21(25)24-18-8-5-7-17(12-18)19-10-11-22-16(3)23-19/h4-12H,13H2,1-3H3,(H,24,25). The number of nitrogens with zero attached hydrogens (tertiary/aromatic N) is 2. The summed E-state index contributed by atoms with van der Waals surface area (Å²) in [5.74, 6) is 1.23. The quantitative estimate of drug-likeness (QED) is 0.755. The number of carbonyl (C=O) groups excluding carboxylic acids is 1. The number of rotatable bonds is 5. The zero-order valence-electron chi connectivity index (χ0n) is 15.1. The van der Waals surface area contributed by atoms with E-state index in [1.165, 1.54) is 0 Å². The van der Waals surface area contributed by atoms with Gasteiger partial charge in [-0.1, -0.05) is 24.3 Å². The van der Waals surface area contributed by atoms with Crippen LogP contribution in [0.4, 0.5) is 5.69 Å². The molecule has 0 aliphatic rings. The Hall–Kier alpha value is -3.21. The maximum Gasteiger partial charge on any atom is 0.262 e. The van der Waals surface area contributed by atoms with Crippen LogP contribution in [0.1, 0.15) is 17.0 Å². The topological polar surface area (TPSA) is 64.1 Å². The molecular formula is C21H21N3O2. The summed E-state index contributed by atoms with van der Waals surface area (Å²) in [4.78, 5) is 20.7. The molecule has 0 saturated carbocycles. The van der Waals surface area contributed by atoms with Gasteiger partial charge in [0.2, 0.25) is 0 Å². The monoisotopic (exact) mass is 347 g/mol. The highest BCUT2D eigenvalue weighted by Crippen LogP contribution is 2.22. The predicted octanol–water partition coefficient (Wildman–Crippen LogP) is 4.09. The molecule has 0 atom stereocenters. The van der Waals surface area contributed by atoms with Crippen molar-refractivity contribution in [3.8, 4) is 17.0 Å². The number of carbonyl (C=O) groups is 1. The number of hydrogen-bond donors (Lipinski definition) is 1. The summed E-state index contributed by atoms with van der Waals surface area (Å²) in [6.07, 6.45) is 1.72. The summed E-state index contributed by atoms with van der Waals surface area (Å²) in [6.45, 7) is 5.80. The first-order valence-corrected chi connectivity index (χ1v) is 8.42. The van der Waals surface area contributed by atoms with Crippen LogP contribution in [0.5, 0.6) is 5.75 Å². The second kappa shape index (κ2) is 7.78. The zero-order chi connectivity index (χ0) is 18.5. The molecule has 1 aromatic heterocycles. The number of hydrogen-bond acceptors (Lipinski definition) is 4. The molecule has 3 aromatic rings. The highest BCUT2D eigenvalue weighted by Gasteiger charge is 2.08. The van der Waals surface area contributed by atoms with Gasteiger partial charge in [0.15, 0.2) is 6.61 Å². The Kier molecular flexibility index (Phi) is 5.27. The minimum atomic E-state index is -0.207. The molecule has 0 aliphatic carbocycles. The molecule has 1 N–H and O–H groups in total. The summed E-state index contributed by atoms with van der Waals surface area (Å²) in [5.41, 5.74) is 4.62. The van der Waals surface area contributed by atoms with E-state index >= 15 is 0 Å². The summed E-state index contributed by atoms with van der Waals surface area (Å²) in [6, 6.07) is 15.2. The van der Waals surface area contributed by atoms with E-state index in [0.29, 0.717) is 11.5 Å². The molecule has 1 heterocycles. The number of amides is 1. The molecule has 0 spiro atoms. The highest BCUT2D eigenvalue weighted by atomic mass is 16.5. The third-order valence-corrected chi connectivity index (χ3v) is 4.13. The number of nitrogens with one attached hydrogen (secondary N) is 1. The van der Waals surface area contributed by atoms with Crippen molar-refractivity contribution in [1.29, 1.82) is 0 Å². The average Bonchev–Trinajstić information content (AvgIpc) is 2.63. The Morgan fingerprint density at radius 1 is 1.08 bits per heavy atom. The van der Waals surface area contributed by atoms with Gasteiger partial charge in [-0.25, -0.2) is 9.97 Å². The third-order valence-electron chi connectivity index (χ3n) is 4.13. The van der Waals surface area contributed by atoms with Crippen molar-refractivity contribution in [1.82, 2.24) is 9.97 Å². The minimum Gasteiger partial charge on any atom is -0.483 e. The van der Waals surface area contributed by atoms with E-state index in [0.717, 1.165) is 28.1 Å². The van der Waals surface area contributed by atoms with Crippen LogP contribution in [0, 0.1) is 20.8 Å². The minimum absolute atomic E-state index is 0.0405. The van der Waals surface area contributed by atoms with E-state index < -0.39 is 0 Å². The number of aryl methyl sites for hydroxylation is 2. The fraction of sp³-hybridized carbons (Fsp3) is 0.190. The second-order valence-electron chi connectivity index (χ2n) is 6.10. The van der Waals surface area contributed by atoms with Gasteiger partial charge in [-0.2, -0.15) is 0 Å². The molecule has 0 bridgehead atoms. The van der Waals surface area contributed by atoms with E-state index in [2.05, 4.69) is 15.3 Å². The third kappa shape index (κ3) is 4.25. The molecule has 0 fully saturated rings. The van der Waals surface area contributed by atoms with Crippen LogP contribution in [0.15, 0.2) is 54.7 Å². The molecule has 0 radical (unpaired) electrons. The lowest BCUT2D eigenvalue weighted by molar-refractivity contribution is -0.118. The summed E-state index contributed by atoms with van der Waals surface area (Å²) in [7, 11) is 0. The summed E-state index contributed by atoms with van der Waals surface area (Å²) in [5, 5.41) is 2.86. The second-order valence-corrected chi connectivity index (χ2v) is 6.10. The molecule has 0 aliphatic heterocycles. The van der Waals surface area contributed by atoms with Crippen molar-refractivity contribution in [3.63, 3.8) is 0 Å². The van der Waals surface area contributed by atoms with Gasteiger partial charge >= 0.3 is 0 Å². The lowest BCUT2D eigenvalue weighted by atomic mass is 10.1. The summed E-state index contributed by atoms with van der Waals surface area (Å²) >= 11 is 0. The van der Waals surface area contributed by atoms with Gasteiger partial charge in [-0.15, -0.1) is 0 Å². The number of benzene rings is 2. The van der Waals surface area contributed by atoms with Crippen LogP contribution < -0.4 is 10.1 Å². The SMILES string of the molecule is Cc1nccc(-c2cccc(NC(=O)COc3cccc(C)c3C)c2)n1. The van der Waals surface area contributed by atoms with Crippen LogP contribution in [0.2, 0.25) is 0 Å². The first kappa shape index (κ1) is 17.6. The first-order chi connectivity index (χ1) is 12.5. The lowest BCUT2D eigenvalue weighted by Crippen LogP contribution is -2.20. The van der Waals surface area contributed by atoms with Crippen LogP contribution in [0.3, 0.4) is 0 Å². The molecule has 0 unspecified atom stereocenters. The Labute approximate surface area is 153 Å². The van der Waals surface area contributed by atoms with Crippen LogP contribution in [-0.4, -0.2) is 22.5 Å². The normalized spacial score (nSPS) is 10.4. The van der Waals surface area contributed by atoms with Gasteiger partial charge in [0.25, 0.3) is 5.91 Å². The molecule has 3 rings (SSSR count). The van der Waals surface area contributed by atoms with Crippen molar-refractivity contribution in [2.75, 3.05) is 11.9 Å². The van der Waals surface area contributed by atoms with Crippen molar-refractivity contribution in [3.05, 3.63) is 71.7 Å². The molecule has 5 heteroatoms. The molecule has 26 heavy (non-hydrogen) atoms. The van der Waals surface area contributed by atoms with Crippen LogP contribution in [0.25, 0.3) is 11.3 Å². The van der Waals surface area contributed by atoms with Crippen molar-refractivity contribution in [2.45, 2.75) is 20.8 Å². The average molecular weight is 347 g/mol. The van der Waals surface area contributed by atoms with Gasteiger partial charge in [-0.05, 0) is 56.2 Å². The van der Waals surface area contributed by atoms with Gasteiger partial charge in [-0.3, -0.25) is 4.79 Å². The fourth-order valence-corrected chi connectivity index (χ4v) is 2.59. The van der Waals surface area contributed by atoms with Gasteiger partial charge < -0.3 is 10.1 Å². The summed E-state index contributed by atoms with van der Waals surface area (Å²) < 4.78 is 5.65. The van der Waals surface area contributed by atoms with Crippen molar-refractivity contribution >= 4 is 11.6 Å². The number of aromatic nitrogens is 2. The van der Waals surface area contributed by atoms with E-state index in [1.54, 1.807) is 6.20 Å². The largest absolute Gasteiger partial charge is 0.483 e. The maximum atomic E-state index is 12.2. The van der Waals surface area contributed by atoms with Gasteiger partial charge in [0.05, 0.1) is 5.69 Å². The Morgan fingerprint density at radius 3 is 2.69 bits per heavy atom. The number of anilines is 1. The molecule has 1 amide bonds. The van der Waals surface area contributed by atoms with Crippen molar-refractivity contribution in [2.24, 2.45) is 0 Å². The maximum absolute atomic E-state index is 12.2. The molecule has 132 valence electrons. The zero-order valence-corrected chi connectivity index (χ0v) is 15.1. The fourth-order valence-electron chi connectivity index (χ4n) is 2.59.